The Labute approximate surface area is 98.8 Å². The number of hydrogen-bond acceptors (Lipinski definition) is 4. The number of anilines is 1. The molecule has 1 saturated heterocycles. The van der Waals surface area contributed by atoms with Crippen LogP contribution in [0.3, 0.4) is 0 Å². The molecule has 2 rings (SSSR count). The molecule has 2 N–H and O–H groups in total. The molecule has 1 aliphatic rings. The van der Waals surface area contributed by atoms with Crippen molar-refractivity contribution in [3.05, 3.63) is 21.6 Å². The van der Waals surface area contributed by atoms with Gasteiger partial charge in [-0.1, -0.05) is 11.6 Å². The molecule has 0 saturated carbocycles. The fourth-order valence-electron chi connectivity index (χ4n) is 1.73. The molecule has 1 fully saturated rings. The molecule has 2 heterocycles. The number of nitrogens with zero attached hydrogens (tertiary/aromatic N) is 3. The fourth-order valence-corrected chi connectivity index (χ4v) is 1.99. The lowest BCUT2D eigenvalue weighted by molar-refractivity contribution is 0.491. The summed E-state index contributed by atoms with van der Waals surface area (Å²) in [5.41, 5.74) is 6.13. The highest BCUT2D eigenvalue weighted by molar-refractivity contribution is 6.33. The van der Waals surface area contributed by atoms with Crippen LogP contribution in [0.15, 0.2) is 11.0 Å². The van der Waals surface area contributed by atoms with Crippen LogP contribution in [-0.4, -0.2) is 28.9 Å². The normalized spacial score (nSPS) is 16.7. The zero-order valence-electron chi connectivity index (χ0n) is 9.35. The van der Waals surface area contributed by atoms with Crippen LogP contribution in [0.4, 0.5) is 5.69 Å². The maximum absolute atomic E-state index is 11.9. The lowest BCUT2D eigenvalue weighted by Crippen LogP contribution is -2.56. The molecule has 0 amide bonds. The Bertz CT molecular complexity index is 451. The average Bonchev–Trinajstić information content (AvgIpc) is 2.17. The maximum Gasteiger partial charge on any atom is 0.287 e. The van der Waals surface area contributed by atoms with Crippen LogP contribution in [0.25, 0.3) is 0 Å². The first-order valence-corrected chi connectivity index (χ1v) is 5.66. The molecular formula is C10H15ClN4O. The first-order valence-electron chi connectivity index (χ1n) is 5.28. The van der Waals surface area contributed by atoms with Crippen molar-refractivity contribution in [3.8, 4) is 0 Å². The van der Waals surface area contributed by atoms with Gasteiger partial charge in [0.25, 0.3) is 5.56 Å². The van der Waals surface area contributed by atoms with Crippen LogP contribution in [0.2, 0.25) is 5.02 Å². The lowest BCUT2D eigenvalue weighted by Gasteiger charge is -2.38. The summed E-state index contributed by atoms with van der Waals surface area (Å²) in [5.74, 6) is 0. The van der Waals surface area contributed by atoms with E-state index < -0.39 is 0 Å². The Morgan fingerprint density at radius 1 is 1.56 bits per heavy atom. The SMILES string of the molecule is CC(C)n1ncc(N2CC(N)C2)c(Cl)c1=O. The zero-order valence-corrected chi connectivity index (χ0v) is 10.1. The van der Waals surface area contributed by atoms with Crippen molar-refractivity contribution in [1.29, 1.82) is 0 Å². The van der Waals surface area contributed by atoms with E-state index in [0.29, 0.717) is 5.69 Å². The van der Waals surface area contributed by atoms with Crippen LogP contribution in [-0.2, 0) is 0 Å². The molecule has 5 nitrogen and oxygen atoms in total. The topological polar surface area (TPSA) is 64.2 Å². The second kappa shape index (κ2) is 4.07. The molecule has 0 spiro atoms. The Morgan fingerprint density at radius 3 is 2.69 bits per heavy atom. The molecule has 1 aromatic rings. The van der Waals surface area contributed by atoms with E-state index >= 15 is 0 Å². The molecule has 16 heavy (non-hydrogen) atoms. The van der Waals surface area contributed by atoms with Crippen molar-refractivity contribution < 1.29 is 0 Å². The summed E-state index contributed by atoms with van der Waals surface area (Å²) < 4.78 is 1.38. The van der Waals surface area contributed by atoms with Gasteiger partial charge in [-0.15, -0.1) is 0 Å². The summed E-state index contributed by atoms with van der Waals surface area (Å²) in [6.07, 6.45) is 1.63. The Balaban J connectivity index is 2.36. The van der Waals surface area contributed by atoms with E-state index in [9.17, 15) is 4.79 Å². The van der Waals surface area contributed by atoms with Gasteiger partial charge in [-0.2, -0.15) is 5.10 Å². The summed E-state index contributed by atoms with van der Waals surface area (Å²) in [6, 6.07) is 0.182. The van der Waals surface area contributed by atoms with Gasteiger partial charge in [0.1, 0.15) is 5.02 Å². The van der Waals surface area contributed by atoms with E-state index in [1.165, 1.54) is 4.68 Å². The molecular weight excluding hydrogens is 228 g/mol. The minimum absolute atomic E-state index is 0.0118. The van der Waals surface area contributed by atoms with Crippen LogP contribution < -0.4 is 16.2 Å². The number of nitrogens with two attached hydrogens (primary N) is 1. The molecule has 0 bridgehead atoms. The third kappa shape index (κ3) is 1.81. The van der Waals surface area contributed by atoms with E-state index in [2.05, 4.69) is 5.10 Å². The molecule has 0 radical (unpaired) electrons. The van der Waals surface area contributed by atoms with Crippen molar-refractivity contribution in [3.63, 3.8) is 0 Å². The first kappa shape index (κ1) is 11.4. The quantitative estimate of drug-likeness (QED) is 0.826. The molecule has 0 aliphatic carbocycles. The van der Waals surface area contributed by atoms with E-state index in [-0.39, 0.29) is 22.7 Å². The minimum Gasteiger partial charge on any atom is -0.366 e. The highest BCUT2D eigenvalue weighted by Gasteiger charge is 2.26. The second-order valence-electron chi connectivity index (χ2n) is 4.35. The third-order valence-corrected chi connectivity index (χ3v) is 3.02. The van der Waals surface area contributed by atoms with Gasteiger partial charge in [-0.05, 0) is 13.8 Å². The van der Waals surface area contributed by atoms with Gasteiger partial charge in [0.15, 0.2) is 0 Å². The van der Waals surface area contributed by atoms with E-state index in [1.807, 2.05) is 18.7 Å². The summed E-state index contributed by atoms with van der Waals surface area (Å²) in [6.45, 7) is 5.24. The van der Waals surface area contributed by atoms with E-state index in [1.54, 1.807) is 6.20 Å². The monoisotopic (exact) mass is 242 g/mol. The zero-order chi connectivity index (χ0) is 11.9. The minimum atomic E-state index is -0.241. The molecule has 1 aliphatic heterocycles. The molecule has 6 heteroatoms. The number of aromatic nitrogens is 2. The largest absolute Gasteiger partial charge is 0.366 e. The number of hydrogen-bond donors (Lipinski definition) is 1. The predicted octanol–water partition coefficient (Wildman–Crippen LogP) is 0.625. The predicted molar refractivity (Wildman–Crippen MR) is 64.1 cm³/mol. The van der Waals surface area contributed by atoms with E-state index in [0.717, 1.165) is 13.1 Å². The molecule has 0 atom stereocenters. The molecule has 88 valence electrons. The number of rotatable bonds is 2. The van der Waals surface area contributed by atoms with E-state index in [4.69, 9.17) is 17.3 Å². The second-order valence-corrected chi connectivity index (χ2v) is 4.73. The smallest absolute Gasteiger partial charge is 0.287 e. The first-order chi connectivity index (χ1) is 7.50. The van der Waals surface area contributed by atoms with Crippen molar-refractivity contribution in [2.24, 2.45) is 5.73 Å². The van der Waals surface area contributed by atoms with Gasteiger partial charge in [0.2, 0.25) is 0 Å². The average molecular weight is 243 g/mol. The van der Waals surface area contributed by atoms with Gasteiger partial charge < -0.3 is 10.6 Å². The summed E-state index contributed by atoms with van der Waals surface area (Å²) in [5, 5.41) is 4.34. The van der Waals surface area contributed by atoms with Crippen LogP contribution in [0, 0.1) is 0 Å². The molecule has 0 unspecified atom stereocenters. The fraction of sp³-hybridized carbons (Fsp3) is 0.600. The highest BCUT2D eigenvalue weighted by Crippen LogP contribution is 2.25. The van der Waals surface area contributed by atoms with Crippen molar-refractivity contribution >= 4 is 17.3 Å². The van der Waals surface area contributed by atoms with Crippen LogP contribution in [0.1, 0.15) is 19.9 Å². The highest BCUT2D eigenvalue weighted by atomic mass is 35.5. The Hall–Kier alpha value is -1.07. The van der Waals surface area contributed by atoms with Crippen LogP contribution >= 0.6 is 11.6 Å². The van der Waals surface area contributed by atoms with Gasteiger partial charge in [0.05, 0.1) is 17.9 Å². The number of halogens is 1. The van der Waals surface area contributed by atoms with Crippen LogP contribution in [0.5, 0.6) is 0 Å². The maximum atomic E-state index is 11.9. The van der Waals surface area contributed by atoms with Gasteiger partial charge in [0, 0.05) is 19.1 Å². The van der Waals surface area contributed by atoms with Gasteiger partial charge >= 0.3 is 0 Å². The standard InChI is InChI=1S/C10H15ClN4O/c1-6(2)15-10(16)9(11)8(3-13-15)14-4-7(12)5-14/h3,6-7H,4-5,12H2,1-2H3. The van der Waals surface area contributed by atoms with Crippen molar-refractivity contribution in [1.82, 2.24) is 9.78 Å². The summed E-state index contributed by atoms with van der Waals surface area (Å²) in [7, 11) is 0. The summed E-state index contributed by atoms with van der Waals surface area (Å²) in [4.78, 5) is 13.8. The summed E-state index contributed by atoms with van der Waals surface area (Å²) >= 11 is 6.04. The van der Waals surface area contributed by atoms with Crippen molar-refractivity contribution in [2.45, 2.75) is 25.9 Å². The Kier molecular flexibility index (Phi) is 2.90. The van der Waals surface area contributed by atoms with Crippen molar-refractivity contribution in [2.75, 3.05) is 18.0 Å². The molecule has 0 aromatic carbocycles. The molecule has 1 aromatic heterocycles. The van der Waals surface area contributed by atoms with Gasteiger partial charge in [-0.25, -0.2) is 4.68 Å². The Morgan fingerprint density at radius 2 is 2.19 bits per heavy atom. The lowest BCUT2D eigenvalue weighted by atomic mass is 10.1. The third-order valence-electron chi connectivity index (χ3n) is 2.66. The van der Waals surface area contributed by atoms with Gasteiger partial charge in [-0.3, -0.25) is 4.79 Å².